The number of aliphatic hydroxyl groups excluding tert-OH is 1. The van der Waals surface area contributed by atoms with E-state index in [1.165, 1.54) is 19.8 Å². The maximum atomic E-state index is 11.4. The molecule has 9 atom stereocenters. The minimum absolute atomic E-state index is 0.0445. The van der Waals surface area contributed by atoms with Gasteiger partial charge in [0.05, 0.1) is 0 Å². The first kappa shape index (κ1) is 20.2. The highest BCUT2D eigenvalue weighted by atomic mass is 16.5. The summed E-state index contributed by atoms with van der Waals surface area (Å²) in [6, 6.07) is 0. The van der Waals surface area contributed by atoms with Gasteiger partial charge in [-0.2, -0.15) is 0 Å². The fraction of sp³-hybridized carbons (Fsp3) is 0.913. The van der Waals surface area contributed by atoms with Gasteiger partial charge in [-0.05, 0) is 92.3 Å². The quantitative estimate of drug-likeness (QED) is 0.709. The normalized spacial score (nSPS) is 48.7. The summed E-state index contributed by atoms with van der Waals surface area (Å²) in [5.41, 5.74) is 0.265. The standard InChI is InChI=1S/C23H36O5/c1-13(24)28-15-8-10-22(2)14(12-15)4-5-16-17-6-7-19(20(25)21(26)27)23(17,3)11-9-18(16)22/h14-20,25H,4-12H2,1-3H3,(H,26,27)/t14-,15-,16+,17+,18+,19-,20?,22+,23+/m1/s1. The van der Waals surface area contributed by atoms with E-state index in [4.69, 9.17) is 4.74 Å². The van der Waals surface area contributed by atoms with E-state index in [0.717, 1.165) is 44.9 Å². The molecule has 4 rings (SSSR count). The Bertz CT molecular complexity index is 647. The molecule has 5 nitrogen and oxygen atoms in total. The van der Waals surface area contributed by atoms with E-state index in [1.54, 1.807) is 0 Å². The van der Waals surface area contributed by atoms with Gasteiger partial charge in [0.2, 0.25) is 0 Å². The number of esters is 1. The van der Waals surface area contributed by atoms with Crippen molar-refractivity contribution >= 4 is 11.9 Å². The van der Waals surface area contributed by atoms with E-state index < -0.39 is 12.1 Å². The molecule has 0 amide bonds. The molecule has 0 saturated heterocycles. The van der Waals surface area contributed by atoms with Gasteiger partial charge in [-0.1, -0.05) is 13.8 Å². The van der Waals surface area contributed by atoms with E-state index in [1.807, 2.05) is 0 Å². The lowest BCUT2D eigenvalue weighted by Gasteiger charge is -2.61. The third kappa shape index (κ3) is 3.00. The molecule has 0 aromatic heterocycles. The number of hydrogen-bond donors (Lipinski definition) is 2. The van der Waals surface area contributed by atoms with Gasteiger partial charge >= 0.3 is 11.9 Å². The third-order valence-corrected chi connectivity index (χ3v) is 9.66. The first-order valence-corrected chi connectivity index (χ1v) is 11.2. The topological polar surface area (TPSA) is 83.8 Å². The highest BCUT2D eigenvalue weighted by molar-refractivity contribution is 5.72. The maximum absolute atomic E-state index is 11.4. The molecule has 0 radical (unpaired) electrons. The van der Waals surface area contributed by atoms with Crippen LogP contribution in [0.3, 0.4) is 0 Å². The zero-order chi connectivity index (χ0) is 20.3. The lowest BCUT2D eigenvalue weighted by atomic mass is 9.44. The summed E-state index contributed by atoms with van der Waals surface area (Å²) in [4.78, 5) is 22.8. The van der Waals surface area contributed by atoms with Crippen molar-refractivity contribution in [1.82, 2.24) is 0 Å². The number of carboxylic acid groups (broad SMARTS) is 1. The maximum Gasteiger partial charge on any atom is 0.332 e. The Morgan fingerprint density at radius 1 is 0.964 bits per heavy atom. The van der Waals surface area contributed by atoms with Gasteiger partial charge in [0.25, 0.3) is 0 Å². The van der Waals surface area contributed by atoms with Crippen LogP contribution in [0.2, 0.25) is 0 Å². The highest BCUT2D eigenvalue weighted by Crippen LogP contribution is 2.67. The average Bonchev–Trinajstić information content (AvgIpc) is 2.98. The summed E-state index contributed by atoms with van der Waals surface area (Å²) in [6.45, 7) is 6.23. The predicted octanol–water partition coefficient (Wildman–Crippen LogP) is 4.02. The monoisotopic (exact) mass is 392 g/mol. The Hall–Kier alpha value is -1.10. The molecule has 28 heavy (non-hydrogen) atoms. The van der Waals surface area contributed by atoms with Crippen LogP contribution < -0.4 is 0 Å². The second-order valence-corrected chi connectivity index (χ2v) is 10.7. The van der Waals surface area contributed by atoms with Crippen molar-refractivity contribution in [3.8, 4) is 0 Å². The van der Waals surface area contributed by atoms with Crippen LogP contribution in [0, 0.1) is 40.4 Å². The van der Waals surface area contributed by atoms with E-state index in [0.29, 0.717) is 29.1 Å². The minimum Gasteiger partial charge on any atom is -0.479 e. The first-order valence-electron chi connectivity index (χ1n) is 11.2. The number of ether oxygens (including phenoxy) is 1. The Balaban J connectivity index is 1.52. The zero-order valence-electron chi connectivity index (χ0n) is 17.5. The second kappa shape index (κ2) is 7.00. The molecule has 2 N–H and O–H groups in total. The Morgan fingerprint density at radius 2 is 1.64 bits per heavy atom. The predicted molar refractivity (Wildman–Crippen MR) is 104 cm³/mol. The lowest BCUT2D eigenvalue weighted by molar-refractivity contribution is -0.164. The molecule has 0 spiro atoms. The molecule has 0 aromatic carbocycles. The summed E-state index contributed by atoms with van der Waals surface area (Å²) >= 11 is 0. The van der Waals surface area contributed by atoms with Crippen LogP contribution in [0.1, 0.15) is 78.6 Å². The van der Waals surface area contributed by atoms with E-state index in [9.17, 15) is 19.8 Å². The van der Waals surface area contributed by atoms with Crippen molar-refractivity contribution in [1.29, 1.82) is 0 Å². The van der Waals surface area contributed by atoms with Gasteiger partial charge in [0.15, 0.2) is 6.10 Å². The largest absolute Gasteiger partial charge is 0.479 e. The number of rotatable bonds is 3. The van der Waals surface area contributed by atoms with Crippen molar-refractivity contribution in [3.63, 3.8) is 0 Å². The number of aliphatic hydroxyl groups is 1. The molecule has 4 aliphatic carbocycles. The molecule has 0 aromatic rings. The SMILES string of the molecule is CC(=O)O[C@@H]1CC[C@@]2(C)[C@H](CC[C@@H]3[C@@H]2CC[C@]2(C)[C@@H](C(O)C(=O)O)CC[C@@H]32)C1. The number of aliphatic carboxylic acids is 1. The third-order valence-electron chi connectivity index (χ3n) is 9.66. The van der Waals surface area contributed by atoms with E-state index in [2.05, 4.69) is 13.8 Å². The molecule has 0 heterocycles. The summed E-state index contributed by atoms with van der Waals surface area (Å²) < 4.78 is 5.55. The fourth-order valence-electron chi connectivity index (χ4n) is 8.29. The molecule has 1 unspecified atom stereocenters. The fourth-order valence-corrected chi connectivity index (χ4v) is 8.29. The molecular formula is C23H36O5. The van der Waals surface area contributed by atoms with Crippen LogP contribution in [-0.2, 0) is 14.3 Å². The van der Waals surface area contributed by atoms with Gasteiger partial charge in [-0.25, -0.2) is 4.79 Å². The average molecular weight is 393 g/mol. The van der Waals surface area contributed by atoms with Gasteiger partial charge < -0.3 is 14.9 Å². The molecule has 4 saturated carbocycles. The van der Waals surface area contributed by atoms with E-state index in [-0.39, 0.29) is 23.4 Å². The number of carbonyl (C=O) groups is 2. The summed E-state index contributed by atoms with van der Waals surface area (Å²) in [5.74, 6) is 1.16. The van der Waals surface area contributed by atoms with Crippen LogP contribution >= 0.6 is 0 Å². The zero-order valence-corrected chi connectivity index (χ0v) is 17.5. The van der Waals surface area contributed by atoms with E-state index >= 15 is 0 Å². The first-order chi connectivity index (χ1) is 13.2. The van der Waals surface area contributed by atoms with Crippen LogP contribution in [-0.4, -0.2) is 34.4 Å². The smallest absolute Gasteiger partial charge is 0.332 e. The molecule has 4 aliphatic rings. The van der Waals surface area contributed by atoms with Crippen molar-refractivity contribution in [2.24, 2.45) is 40.4 Å². The number of hydrogen-bond acceptors (Lipinski definition) is 4. The van der Waals surface area contributed by atoms with Crippen LogP contribution in [0.15, 0.2) is 0 Å². The van der Waals surface area contributed by atoms with Crippen LogP contribution in [0.5, 0.6) is 0 Å². The van der Waals surface area contributed by atoms with Gasteiger partial charge in [0, 0.05) is 12.8 Å². The van der Waals surface area contributed by atoms with Crippen LogP contribution in [0.4, 0.5) is 0 Å². The Morgan fingerprint density at radius 3 is 2.32 bits per heavy atom. The molecule has 0 bridgehead atoms. The minimum atomic E-state index is -1.22. The molecule has 0 aliphatic heterocycles. The second-order valence-electron chi connectivity index (χ2n) is 10.7. The van der Waals surface area contributed by atoms with Crippen molar-refractivity contribution in [3.05, 3.63) is 0 Å². The number of carbonyl (C=O) groups excluding carboxylic acids is 1. The number of carboxylic acids is 1. The molecular weight excluding hydrogens is 356 g/mol. The number of fused-ring (bicyclic) bond motifs is 5. The molecule has 158 valence electrons. The highest BCUT2D eigenvalue weighted by Gasteiger charge is 2.61. The van der Waals surface area contributed by atoms with Gasteiger partial charge in [0.1, 0.15) is 6.10 Å². The van der Waals surface area contributed by atoms with Gasteiger partial charge in [-0.15, -0.1) is 0 Å². The van der Waals surface area contributed by atoms with Crippen molar-refractivity contribution in [2.75, 3.05) is 0 Å². The van der Waals surface area contributed by atoms with Crippen molar-refractivity contribution < 1.29 is 24.5 Å². The van der Waals surface area contributed by atoms with Gasteiger partial charge in [-0.3, -0.25) is 4.79 Å². The summed E-state index contributed by atoms with van der Waals surface area (Å²) in [5, 5.41) is 19.7. The Kier molecular flexibility index (Phi) is 5.05. The Labute approximate surface area is 168 Å². The molecule has 5 heteroatoms. The summed E-state index contributed by atoms with van der Waals surface area (Å²) in [6.07, 6.45) is 8.43. The molecule has 4 fully saturated rings. The van der Waals surface area contributed by atoms with Crippen molar-refractivity contribution in [2.45, 2.75) is 90.8 Å². The lowest BCUT2D eigenvalue weighted by Crippen LogP contribution is -2.55. The van der Waals surface area contributed by atoms with Crippen LogP contribution in [0.25, 0.3) is 0 Å². The summed E-state index contributed by atoms with van der Waals surface area (Å²) in [7, 11) is 0.